The van der Waals surface area contributed by atoms with Crippen molar-refractivity contribution in [3.8, 4) is 0 Å². The number of nitrogens with zero attached hydrogens (tertiary/aromatic N) is 1. The van der Waals surface area contributed by atoms with Crippen LogP contribution in [0, 0.1) is 0 Å². The highest BCUT2D eigenvalue weighted by molar-refractivity contribution is 8.01. The van der Waals surface area contributed by atoms with E-state index in [-0.39, 0.29) is 11.6 Å². The predicted octanol–water partition coefficient (Wildman–Crippen LogP) is 0.886. The van der Waals surface area contributed by atoms with Gasteiger partial charge in [0.2, 0.25) is 10.0 Å². The number of nitrogen functional groups attached to an aromatic ring is 1. The smallest absolute Gasteiger partial charge is 0.264 e. The first-order chi connectivity index (χ1) is 9.94. The number of nitrogens with one attached hydrogen (secondary N) is 2. The van der Waals surface area contributed by atoms with Crippen LogP contribution in [0.3, 0.4) is 0 Å². The van der Waals surface area contributed by atoms with Crippen molar-refractivity contribution in [2.45, 2.75) is 4.90 Å². The lowest BCUT2D eigenvalue weighted by molar-refractivity contribution is 0.602. The maximum atomic E-state index is 11.9. The molecule has 21 heavy (non-hydrogen) atoms. The van der Waals surface area contributed by atoms with Crippen molar-refractivity contribution in [1.29, 1.82) is 0 Å². The van der Waals surface area contributed by atoms with Crippen LogP contribution in [0.25, 0.3) is 0 Å². The van der Waals surface area contributed by atoms with Crippen LogP contribution in [0.15, 0.2) is 46.1 Å². The van der Waals surface area contributed by atoms with Gasteiger partial charge in [-0.2, -0.15) is 5.10 Å². The third-order valence-electron chi connectivity index (χ3n) is 2.44. The number of benzene rings is 1. The summed E-state index contributed by atoms with van der Waals surface area (Å²) in [6.07, 6.45) is 0. The van der Waals surface area contributed by atoms with Gasteiger partial charge in [0.15, 0.2) is 5.82 Å². The summed E-state index contributed by atoms with van der Waals surface area (Å²) < 4.78 is 26.0. The van der Waals surface area contributed by atoms with E-state index >= 15 is 0 Å². The quantitative estimate of drug-likeness (QED) is 0.536. The SMILES string of the molecule is Nc1ccc(SCCS(=O)(=O)Nc2ccc(=O)[nH]n2)cc1. The summed E-state index contributed by atoms with van der Waals surface area (Å²) in [6.45, 7) is 0. The van der Waals surface area contributed by atoms with Gasteiger partial charge in [0, 0.05) is 22.4 Å². The van der Waals surface area contributed by atoms with E-state index < -0.39 is 15.6 Å². The number of hydrogen-bond acceptors (Lipinski definition) is 6. The first-order valence-electron chi connectivity index (χ1n) is 5.99. The van der Waals surface area contributed by atoms with Crippen LogP contribution in [0.1, 0.15) is 0 Å². The molecule has 2 rings (SSSR count). The lowest BCUT2D eigenvalue weighted by atomic mass is 10.3. The van der Waals surface area contributed by atoms with Gasteiger partial charge in [-0.1, -0.05) is 0 Å². The second-order valence-electron chi connectivity index (χ2n) is 4.14. The third kappa shape index (κ3) is 5.12. The zero-order valence-corrected chi connectivity index (χ0v) is 12.6. The molecule has 1 aromatic carbocycles. The van der Waals surface area contributed by atoms with Gasteiger partial charge in [0.25, 0.3) is 5.56 Å². The second kappa shape index (κ2) is 6.64. The van der Waals surface area contributed by atoms with Crippen LogP contribution in [0.5, 0.6) is 0 Å². The molecule has 0 aliphatic carbocycles. The van der Waals surface area contributed by atoms with Crippen LogP contribution in [0.4, 0.5) is 11.5 Å². The monoisotopic (exact) mass is 326 g/mol. The molecule has 0 spiro atoms. The molecule has 9 heteroatoms. The zero-order chi connectivity index (χ0) is 15.3. The summed E-state index contributed by atoms with van der Waals surface area (Å²) in [7, 11) is -3.51. The fraction of sp³-hybridized carbons (Fsp3) is 0.167. The van der Waals surface area contributed by atoms with E-state index in [1.54, 1.807) is 12.1 Å². The number of aromatic amines is 1. The van der Waals surface area contributed by atoms with E-state index in [4.69, 9.17) is 5.73 Å². The molecule has 0 aliphatic rings. The average Bonchev–Trinajstić information content (AvgIpc) is 2.43. The maximum absolute atomic E-state index is 11.9. The Morgan fingerprint density at radius 2 is 1.90 bits per heavy atom. The van der Waals surface area contributed by atoms with Crippen molar-refractivity contribution >= 4 is 33.3 Å². The van der Waals surface area contributed by atoms with E-state index in [1.807, 2.05) is 12.1 Å². The summed E-state index contributed by atoms with van der Waals surface area (Å²) in [6, 6.07) is 9.71. The Balaban J connectivity index is 1.87. The van der Waals surface area contributed by atoms with E-state index in [2.05, 4.69) is 14.9 Å². The zero-order valence-electron chi connectivity index (χ0n) is 10.9. The summed E-state index contributed by atoms with van der Waals surface area (Å²) >= 11 is 1.42. The predicted molar refractivity (Wildman–Crippen MR) is 83.8 cm³/mol. The van der Waals surface area contributed by atoms with Gasteiger partial charge in [-0.25, -0.2) is 13.5 Å². The van der Waals surface area contributed by atoms with E-state index in [1.165, 1.54) is 23.9 Å². The van der Waals surface area contributed by atoms with Gasteiger partial charge < -0.3 is 5.73 Å². The molecule has 0 aliphatic heterocycles. The van der Waals surface area contributed by atoms with Gasteiger partial charge >= 0.3 is 0 Å². The van der Waals surface area contributed by atoms with Gasteiger partial charge in [0.1, 0.15) is 0 Å². The molecule has 1 aromatic heterocycles. The Morgan fingerprint density at radius 1 is 1.19 bits per heavy atom. The van der Waals surface area contributed by atoms with Crippen LogP contribution in [-0.2, 0) is 10.0 Å². The third-order valence-corrected chi connectivity index (χ3v) is 4.97. The highest BCUT2D eigenvalue weighted by Gasteiger charge is 2.11. The largest absolute Gasteiger partial charge is 0.399 e. The van der Waals surface area contributed by atoms with Gasteiger partial charge in [-0.3, -0.25) is 9.52 Å². The minimum atomic E-state index is -3.51. The molecule has 0 saturated heterocycles. The van der Waals surface area contributed by atoms with Crippen LogP contribution >= 0.6 is 11.8 Å². The minimum Gasteiger partial charge on any atom is -0.399 e. The van der Waals surface area contributed by atoms with E-state index in [0.29, 0.717) is 11.4 Å². The number of H-pyrrole nitrogens is 1. The van der Waals surface area contributed by atoms with Crippen molar-refractivity contribution in [3.05, 3.63) is 46.8 Å². The van der Waals surface area contributed by atoms with Gasteiger partial charge in [0.05, 0.1) is 5.75 Å². The number of thioether (sulfide) groups is 1. The molecule has 0 unspecified atom stereocenters. The number of aromatic nitrogens is 2. The molecule has 2 aromatic rings. The minimum absolute atomic E-state index is 0.0666. The van der Waals surface area contributed by atoms with Crippen molar-refractivity contribution in [2.75, 3.05) is 22.0 Å². The summed E-state index contributed by atoms with van der Waals surface area (Å²) in [5, 5.41) is 5.75. The second-order valence-corrected chi connectivity index (χ2v) is 7.16. The molecule has 7 nitrogen and oxygen atoms in total. The molecule has 0 radical (unpaired) electrons. The van der Waals surface area contributed by atoms with Crippen LogP contribution < -0.4 is 16.0 Å². The summed E-state index contributed by atoms with van der Waals surface area (Å²) in [5.74, 6) is 0.415. The number of rotatable bonds is 6. The number of sulfonamides is 1. The van der Waals surface area contributed by atoms with Crippen molar-refractivity contribution < 1.29 is 8.42 Å². The van der Waals surface area contributed by atoms with E-state index in [9.17, 15) is 13.2 Å². The number of nitrogens with two attached hydrogens (primary N) is 1. The Bertz CT molecular complexity index is 736. The molecule has 112 valence electrons. The first kappa shape index (κ1) is 15.4. The standard InChI is InChI=1S/C12H14N4O3S2/c13-9-1-3-10(4-2-9)20-7-8-21(18,19)16-11-5-6-12(17)15-14-11/h1-6H,7-8,13H2,(H,14,16)(H,15,17). The fourth-order valence-corrected chi connectivity index (χ4v) is 3.75. The molecule has 0 bridgehead atoms. The first-order valence-corrected chi connectivity index (χ1v) is 8.63. The maximum Gasteiger partial charge on any atom is 0.264 e. The molecular formula is C12H14N4O3S2. The van der Waals surface area contributed by atoms with E-state index in [0.717, 1.165) is 4.90 Å². The topological polar surface area (TPSA) is 118 Å². The molecule has 0 amide bonds. The van der Waals surface area contributed by atoms with Gasteiger partial charge in [-0.15, -0.1) is 11.8 Å². The summed E-state index contributed by atoms with van der Waals surface area (Å²) in [4.78, 5) is 11.8. The Hall–Kier alpha value is -2.00. The summed E-state index contributed by atoms with van der Waals surface area (Å²) in [5.41, 5.74) is 5.85. The molecule has 4 N–H and O–H groups in total. The normalized spacial score (nSPS) is 11.2. The number of hydrogen-bond donors (Lipinski definition) is 3. The highest BCUT2D eigenvalue weighted by Crippen LogP contribution is 2.19. The van der Waals surface area contributed by atoms with Crippen molar-refractivity contribution in [1.82, 2.24) is 10.2 Å². The van der Waals surface area contributed by atoms with Crippen LogP contribution in [0.2, 0.25) is 0 Å². The lowest BCUT2D eigenvalue weighted by Gasteiger charge is -2.06. The molecule has 0 atom stereocenters. The Morgan fingerprint density at radius 3 is 2.52 bits per heavy atom. The van der Waals surface area contributed by atoms with Crippen LogP contribution in [-0.4, -0.2) is 30.1 Å². The fourth-order valence-electron chi connectivity index (χ4n) is 1.44. The Kier molecular flexibility index (Phi) is 4.86. The Labute approximate surface area is 126 Å². The van der Waals surface area contributed by atoms with Gasteiger partial charge in [-0.05, 0) is 30.3 Å². The molecule has 0 saturated carbocycles. The molecule has 1 heterocycles. The van der Waals surface area contributed by atoms with Crippen molar-refractivity contribution in [3.63, 3.8) is 0 Å². The lowest BCUT2D eigenvalue weighted by Crippen LogP contribution is -2.20. The average molecular weight is 326 g/mol. The highest BCUT2D eigenvalue weighted by atomic mass is 32.2. The molecule has 0 fully saturated rings. The van der Waals surface area contributed by atoms with Crippen molar-refractivity contribution in [2.24, 2.45) is 0 Å². The molecular weight excluding hydrogens is 312 g/mol. The number of anilines is 2.